The number of likely N-dealkylation sites (N-methyl/N-ethyl adjacent to an activating group) is 1. The minimum atomic E-state index is -0.675. The molecule has 7 heteroatoms. The topological polar surface area (TPSA) is 68.3 Å². The van der Waals surface area contributed by atoms with E-state index in [0.717, 1.165) is 11.3 Å². The highest BCUT2D eigenvalue weighted by atomic mass is 16.5. The van der Waals surface area contributed by atoms with Crippen LogP contribution in [0.1, 0.15) is 15.9 Å². The number of benzene rings is 2. The zero-order valence-corrected chi connectivity index (χ0v) is 16.9. The second kappa shape index (κ2) is 9.64. The quantitative estimate of drug-likeness (QED) is 0.650. The van der Waals surface area contributed by atoms with E-state index in [-0.39, 0.29) is 18.1 Å². The van der Waals surface area contributed by atoms with Crippen molar-refractivity contribution in [3.63, 3.8) is 0 Å². The first-order valence-electron chi connectivity index (χ1n) is 8.75. The van der Waals surface area contributed by atoms with Crippen molar-refractivity contribution in [1.82, 2.24) is 4.90 Å². The molecule has 0 radical (unpaired) electrons. The molecule has 150 valence electrons. The molecule has 0 aliphatic rings. The number of hydrogen-bond acceptors (Lipinski definition) is 6. The summed E-state index contributed by atoms with van der Waals surface area (Å²) in [7, 11) is 8.50. The highest BCUT2D eigenvalue weighted by molar-refractivity contribution is 5.96. The predicted molar refractivity (Wildman–Crippen MR) is 107 cm³/mol. The fourth-order valence-electron chi connectivity index (χ4n) is 2.62. The van der Waals surface area contributed by atoms with Gasteiger partial charge in [0.05, 0.1) is 14.2 Å². The molecule has 0 unspecified atom stereocenters. The van der Waals surface area contributed by atoms with Crippen molar-refractivity contribution in [3.05, 3.63) is 53.6 Å². The molecule has 0 aliphatic carbocycles. The third-order valence-electron chi connectivity index (χ3n) is 4.26. The van der Waals surface area contributed by atoms with E-state index in [4.69, 9.17) is 14.2 Å². The van der Waals surface area contributed by atoms with Gasteiger partial charge in [0.25, 0.3) is 5.91 Å². The van der Waals surface area contributed by atoms with Crippen LogP contribution in [0, 0.1) is 0 Å². The summed E-state index contributed by atoms with van der Waals surface area (Å²) in [5.41, 5.74) is 2.22. The molecule has 1 amide bonds. The molecule has 0 aliphatic heterocycles. The summed E-state index contributed by atoms with van der Waals surface area (Å²) < 4.78 is 15.6. The van der Waals surface area contributed by atoms with Gasteiger partial charge in [0, 0.05) is 33.4 Å². The number of hydrogen-bond donors (Lipinski definition) is 0. The van der Waals surface area contributed by atoms with Crippen LogP contribution in [0.25, 0.3) is 0 Å². The van der Waals surface area contributed by atoms with Gasteiger partial charge < -0.3 is 24.0 Å². The van der Waals surface area contributed by atoms with Gasteiger partial charge in [-0.1, -0.05) is 18.2 Å². The van der Waals surface area contributed by atoms with E-state index >= 15 is 0 Å². The van der Waals surface area contributed by atoms with Gasteiger partial charge in [0.1, 0.15) is 17.1 Å². The molecule has 0 aromatic heterocycles. The number of anilines is 1. The van der Waals surface area contributed by atoms with Crippen molar-refractivity contribution < 1.29 is 23.8 Å². The van der Waals surface area contributed by atoms with Crippen LogP contribution in [0.2, 0.25) is 0 Å². The Morgan fingerprint density at radius 2 is 1.46 bits per heavy atom. The molecule has 0 N–H and O–H groups in total. The van der Waals surface area contributed by atoms with Crippen molar-refractivity contribution >= 4 is 17.6 Å². The van der Waals surface area contributed by atoms with Crippen LogP contribution in [-0.2, 0) is 16.1 Å². The Bertz CT molecular complexity index is 796. The van der Waals surface area contributed by atoms with E-state index in [9.17, 15) is 9.59 Å². The Hall–Kier alpha value is -3.22. The van der Waals surface area contributed by atoms with E-state index in [1.54, 1.807) is 25.2 Å². The Morgan fingerprint density at radius 3 is 1.96 bits per heavy atom. The fraction of sp³-hybridized carbons (Fsp3) is 0.333. The van der Waals surface area contributed by atoms with Gasteiger partial charge in [-0.3, -0.25) is 4.79 Å². The second-order valence-electron chi connectivity index (χ2n) is 6.42. The zero-order chi connectivity index (χ0) is 20.7. The Labute approximate surface area is 165 Å². The maximum absolute atomic E-state index is 12.4. The van der Waals surface area contributed by atoms with Crippen LogP contribution in [0.4, 0.5) is 5.69 Å². The molecule has 7 nitrogen and oxygen atoms in total. The summed E-state index contributed by atoms with van der Waals surface area (Å²) in [6.07, 6.45) is 0. The van der Waals surface area contributed by atoms with Gasteiger partial charge >= 0.3 is 5.97 Å². The number of carbonyl (C=O) groups is 2. The van der Waals surface area contributed by atoms with E-state index < -0.39 is 5.97 Å². The molecular formula is C21H26N2O5. The highest BCUT2D eigenvalue weighted by Gasteiger charge is 2.21. The van der Waals surface area contributed by atoms with Crippen LogP contribution < -0.4 is 14.4 Å². The summed E-state index contributed by atoms with van der Waals surface area (Å²) in [5.74, 6) is -0.331. The van der Waals surface area contributed by atoms with Crippen LogP contribution in [0.5, 0.6) is 11.5 Å². The zero-order valence-electron chi connectivity index (χ0n) is 16.9. The van der Waals surface area contributed by atoms with E-state index in [0.29, 0.717) is 18.0 Å². The molecule has 0 atom stereocenters. The summed E-state index contributed by atoms with van der Waals surface area (Å²) in [4.78, 5) is 28.3. The van der Waals surface area contributed by atoms with Gasteiger partial charge in [0.15, 0.2) is 6.61 Å². The van der Waals surface area contributed by atoms with Gasteiger partial charge in [-0.05, 0) is 29.8 Å². The van der Waals surface area contributed by atoms with Gasteiger partial charge in [0.2, 0.25) is 0 Å². The van der Waals surface area contributed by atoms with Gasteiger partial charge in [-0.2, -0.15) is 0 Å². The molecular weight excluding hydrogens is 360 g/mol. The standard InChI is InChI=1S/C21H26N2O5/c1-22(2)16-11-9-15(10-12-16)13-23(3)19(24)14-28-21(25)20-17(26-4)7-6-8-18(20)27-5/h6-12H,13-14H2,1-5H3. The lowest BCUT2D eigenvalue weighted by Crippen LogP contribution is -2.31. The van der Waals surface area contributed by atoms with Crippen LogP contribution in [-0.4, -0.2) is 58.7 Å². The molecule has 0 spiro atoms. The monoisotopic (exact) mass is 386 g/mol. The van der Waals surface area contributed by atoms with Gasteiger partial charge in [-0.25, -0.2) is 4.79 Å². The first kappa shape index (κ1) is 21.1. The number of ether oxygens (including phenoxy) is 3. The summed E-state index contributed by atoms with van der Waals surface area (Å²) in [5, 5.41) is 0. The molecule has 0 saturated carbocycles. The van der Waals surface area contributed by atoms with E-state index in [2.05, 4.69) is 0 Å². The molecule has 0 fully saturated rings. The average molecular weight is 386 g/mol. The Balaban J connectivity index is 1.97. The number of esters is 1. The number of rotatable bonds is 8. The first-order chi connectivity index (χ1) is 13.4. The molecule has 2 aromatic carbocycles. The van der Waals surface area contributed by atoms with Crippen LogP contribution in [0.15, 0.2) is 42.5 Å². The number of amides is 1. The fourth-order valence-corrected chi connectivity index (χ4v) is 2.62. The smallest absolute Gasteiger partial charge is 0.346 e. The molecule has 2 rings (SSSR count). The lowest BCUT2D eigenvalue weighted by Gasteiger charge is -2.19. The molecule has 28 heavy (non-hydrogen) atoms. The highest BCUT2D eigenvalue weighted by Crippen LogP contribution is 2.28. The Morgan fingerprint density at radius 1 is 0.893 bits per heavy atom. The van der Waals surface area contributed by atoms with Crippen molar-refractivity contribution in [1.29, 1.82) is 0 Å². The average Bonchev–Trinajstić information content (AvgIpc) is 2.71. The maximum Gasteiger partial charge on any atom is 0.346 e. The molecule has 2 aromatic rings. The molecule has 0 saturated heterocycles. The minimum Gasteiger partial charge on any atom is -0.496 e. The number of methoxy groups -OCH3 is 2. The molecule has 0 bridgehead atoms. The van der Waals surface area contributed by atoms with Crippen LogP contribution >= 0.6 is 0 Å². The normalized spacial score (nSPS) is 10.2. The summed E-state index contributed by atoms with van der Waals surface area (Å²) >= 11 is 0. The van der Waals surface area contributed by atoms with E-state index in [1.165, 1.54) is 19.1 Å². The van der Waals surface area contributed by atoms with Crippen molar-refractivity contribution in [2.75, 3.05) is 46.9 Å². The number of carbonyl (C=O) groups excluding carboxylic acids is 2. The SMILES string of the molecule is COc1cccc(OC)c1C(=O)OCC(=O)N(C)Cc1ccc(N(C)C)cc1. The Kier molecular flexibility index (Phi) is 7.26. The van der Waals surface area contributed by atoms with Crippen molar-refractivity contribution in [2.24, 2.45) is 0 Å². The predicted octanol–water partition coefficient (Wildman–Crippen LogP) is 2.59. The van der Waals surface area contributed by atoms with Crippen molar-refractivity contribution in [3.8, 4) is 11.5 Å². The molecule has 0 heterocycles. The summed E-state index contributed by atoms with van der Waals surface area (Å²) in [6, 6.07) is 12.9. The third-order valence-corrected chi connectivity index (χ3v) is 4.26. The second-order valence-corrected chi connectivity index (χ2v) is 6.42. The minimum absolute atomic E-state index is 0.155. The van der Waals surface area contributed by atoms with Crippen molar-refractivity contribution in [2.45, 2.75) is 6.54 Å². The van der Waals surface area contributed by atoms with Gasteiger partial charge in [-0.15, -0.1) is 0 Å². The third kappa shape index (κ3) is 5.16. The van der Waals surface area contributed by atoms with Crippen LogP contribution in [0.3, 0.4) is 0 Å². The lowest BCUT2D eigenvalue weighted by molar-refractivity contribution is -0.133. The largest absolute Gasteiger partial charge is 0.496 e. The number of nitrogens with zero attached hydrogens (tertiary/aromatic N) is 2. The first-order valence-corrected chi connectivity index (χ1v) is 8.75. The summed E-state index contributed by atoms with van der Waals surface area (Å²) in [6.45, 7) is 0.0500. The van der Waals surface area contributed by atoms with E-state index in [1.807, 2.05) is 43.3 Å². The maximum atomic E-state index is 12.4. The lowest BCUT2D eigenvalue weighted by atomic mass is 10.2.